The average Bonchev–Trinajstić information content (AvgIpc) is 1.64. The third-order valence-electron chi connectivity index (χ3n) is 1.35. The molecule has 1 fully saturated rings. The standard InChI is InChI=1S/C5H10INO/c6-7-3-1-2-5(8)4-7/h5,8H,1-4H2. The van der Waals surface area contributed by atoms with Crippen molar-refractivity contribution >= 4 is 22.9 Å². The highest BCUT2D eigenvalue weighted by Crippen LogP contribution is 2.12. The normalized spacial score (nSPS) is 33.0. The Bertz CT molecular complexity index is 70.8. The van der Waals surface area contributed by atoms with E-state index in [1.807, 2.05) is 0 Å². The molecule has 0 radical (unpaired) electrons. The molecule has 0 bridgehead atoms. The van der Waals surface area contributed by atoms with Crippen LogP contribution in [0.5, 0.6) is 0 Å². The van der Waals surface area contributed by atoms with Crippen LogP contribution in [-0.4, -0.2) is 27.4 Å². The molecule has 2 nitrogen and oxygen atoms in total. The molecule has 48 valence electrons. The van der Waals surface area contributed by atoms with Crippen molar-refractivity contribution < 1.29 is 5.11 Å². The van der Waals surface area contributed by atoms with E-state index in [4.69, 9.17) is 5.11 Å². The van der Waals surface area contributed by atoms with Gasteiger partial charge < -0.3 is 5.11 Å². The summed E-state index contributed by atoms with van der Waals surface area (Å²) in [6.07, 6.45) is 2.06. The average molecular weight is 227 g/mol. The minimum Gasteiger partial charge on any atom is -0.392 e. The third-order valence-corrected chi connectivity index (χ3v) is 2.22. The minimum absolute atomic E-state index is 0.0688. The Kier molecular flexibility index (Phi) is 2.52. The van der Waals surface area contributed by atoms with Crippen LogP contribution in [0.25, 0.3) is 0 Å². The van der Waals surface area contributed by atoms with Gasteiger partial charge in [0.1, 0.15) is 0 Å². The Morgan fingerprint density at radius 3 is 2.75 bits per heavy atom. The van der Waals surface area contributed by atoms with Crippen molar-refractivity contribution in [2.75, 3.05) is 13.1 Å². The Balaban J connectivity index is 2.23. The van der Waals surface area contributed by atoms with Crippen LogP contribution >= 0.6 is 22.9 Å². The molecule has 0 aromatic rings. The second-order valence-electron chi connectivity index (χ2n) is 2.16. The van der Waals surface area contributed by atoms with Crippen molar-refractivity contribution in [3.05, 3.63) is 0 Å². The molecule has 1 aliphatic heterocycles. The van der Waals surface area contributed by atoms with E-state index in [-0.39, 0.29) is 6.10 Å². The van der Waals surface area contributed by atoms with Gasteiger partial charge in [-0.1, -0.05) is 0 Å². The second kappa shape index (κ2) is 2.98. The maximum absolute atomic E-state index is 9.03. The highest BCUT2D eigenvalue weighted by molar-refractivity contribution is 14.1. The van der Waals surface area contributed by atoms with Crippen molar-refractivity contribution in [2.45, 2.75) is 18.9 Å². The van der Waals surface area contributed by atoms with Crippen molar-refractivity contribution in [3.63, 3.8) is 0 Å². The number of rotatable bonds is 0. The Morgan fingerprint density at radius 1 is 1.62 bits per heavy atom. The first-order valence-corrected chi connectivity index (χ1v) is 3.84. The van der Waals surface area contributed by atoms with Crippen LogP contribution in [0.2, 0.25) is 0 Å². The van der Waals surface area contributed by atoms with Gasteiger partial charge in [-0.25, -0.2) is 3.11 Å². The molecule has 0 aromatic carbocycles. The highest BCUT2D eigenvalue weighted by atomic mass is 127. The molecular weight excluding hydrogens is 217 g/mol. The van der Waals surface area contributed by atoms with Gasteiger partial charge >= 0.3 is 0 Å². The first kappa shape index (κ1) is 6.77. The summed E-state index contributed by atoms with van der Waals surface area (Å²) in [6.45, 7) is 1.98. The predicted octanol–water partition coefficient (Wildman–Crippen LogP) is 0.793. The van der Waals surface area contributed by atoms with Crippen LogP contribution in [0.3, 0.4) is 0 Å². The van der Waals surface area contributed by atoms with E-state index in [2.05, 4.69) is 26.0 Å². The SMILES string of the molecule is OC1CCCN(I)C1. The zero-order valence-electron chi connectivity index (χ0n) is 4.68. The van der Waals surface area contributed by atoms with Gasteiger partial charge in [0.25, 0.3) is 0 Å². The fraction of sp³-hybridized carbons (Fsp3) is 1.00. The number of piperidine rings is 1. The van der Waals surface area contributed by atoms with Crippen LogP contribution < -0.4 is 0 Å². The van der Waals surface area contributed by atoms with Crippen molar-refractivity contribution in [1.82, 2.24) is 3.11 Å². The van der Waals surface area contributed by atoms with E-state index >= 15 is 0 Å². The first-order chi connectivity index (χ1) is 3.79. The maximum atomic E-state index is 9.03. The monoisotopic (exact) mass is 227 g/mol. The first-order valence-electron chi connectivity index (χ1n) is 2.88. The molecule has 0 amide bonds. The molecule has 0 aliphatic carbocycles. The summed E-state index contributed by atoms with van der Waals surface area (Å²) in [7, 11) is 0. The number of halogens is 1. The van der Waals surface area contributed by atoms with Crippen LogP contribution in [0.4, 0.5) is 0 Å². The summed E-state index contributed by atoms with van der Waals surface area (Å²) in [4.78, 5) is 0. The molecule has 1 rings (SSSR count). The molecule has 0 aromatic heterocycles. The molecule has 1 atom stereocenters. The Hall–Kier alpha value is 0.650. The highest BCUT2D eigenvalue weighted by Gasteiger charge is 2.14. The van der Waals surface area contributed by atoms with Gasteiger partial charge in [0.05, 0.1) is 6.10 Å². The van der Waals surface area contributed by atoms with Gasteiger partial charge in [0, 0.05) is 36.0 Å². The smallest absolute Gasteiger partial charge is 0.0675 e. The second-order valence-corrected chi connectivity index (χ2v) is 3.53. The van der Waals surface area contributed by atoms with E-state index < -0.39 is 0 Å². The number of β-amino-alcohol motifs (C(OH)–C–C–N with tert-alkyl or cyclic N) is 1. The molecule has 1 aliphatic rings. The largest absolute Gasteiger partial charge is 0.392 e. The molecule has 1 heterocycles. The molecule has 1 saturated heterocycles. The molecule has 3 heteroatoms. The summed E-state index contributed by atoms with van der Waals surface area (Å²) in [5, 5.41) is 9.03. The van der Waals surface area contributed by atoms with Gasteiger partial charge in [-0.3, -0.25) is 0 Å². The lowest BCUT2D eigenvalue weighted by molar-refractivity contribution is 0.119. The van der Waals surface area contributed by atoms with E-state index in [9.17, 15) is 0 Å². The fourth-order valence-electron chi connectivity index (χ4n) is 0.910. The minimum atomic E-state index is -0.0688. The van der Waals surface area contributed by atoms with Crippen LogP contribution in [0, 0.1) is 0 Å². The lowest BCUT2D eigenvalue weighted by Crippen LogP contribution is -2.31. The summed E-state index contributed by atoms with van der Waals surface area (Å²) in [6, 6.07) is 0. The molecule has 8 heavy (non-hydrogen) atoms. The molecule has 1 unspecified atom stereocenters. The van der Waals surface area contributed by atoms with Gasteiger partial charge in [0.15, 0.2) is 0 Å². The quantitative estimate of drug-likeness (QED) is 0.488. The summed E-state index contributed by atoms with van der Waals surface area (Å²) in [5.74, 6) is 0. The summed E-state index contributed by atoms with van der Waals surface area (Å²) < 4.78 is 2.13. The van der Waals surface area contributed by atoms with Gasteiger partial charge in [-0.05, 0) is 12.8 Å². The Labute approximate surface area is 63.4 Å². The van der Waals surface area contributed by atoms with E-state index in [0.29, 0.717) is 0 Å². The van der Waals surface area contributed by atoms with Crippen molar-refractivity contribution in [1.29, 1.82) is 0 Å². The molecule has 1 N–H and O–H groups in total. The number of aliphatic hydroxyl groups is 1. The van der Waals surface area contributed by atoms with Gasteiger partial charge in [0.2, 0.25) is 0 Å². The molecular formula is C5H10INO. The van der Waals surface area contributed by atoms with E-state index in [1.54, 1.807) is 0 Å². The number of hydrogen-bond donors (Lipinski definition) is 1. The van der Waals surface area contributed by atoms with Crippen LogP contribution in [-0.2, 0) is 0 Å². The molecule has 0 saturated carbocycles. The summed E-state index contributed by atoms with van der Waals surface area (Å²) >= 11 is 2.25. The van der Waals surface area contributed by atoms with Crippen molar-refractivity contribution in [2.24, 2.45) is 0 Å². The number of aliphatic hydroxyl groups excluding tert-OH is 1. The maximum Gasteiger partial charge on any atom is 0.0675 e. The fourth-order valence-corrected chi connectivity index (χ4v) is 1.71. The van der Waals surface area contributed by atoms with E-state index in [0.717, 1.165) is 25.9 Å². The summed E-state index contributed by atoms with van der Waals surface area (Å²) in [5.41, 5.74) is 0. The molecule has 0 spiro atoms. The topological polar surface area (TPSA) is 23.5 Å². The van der Waals surface area contributed by atoms with Crippen molar-refractivity contribution in [3.8, 4) is 0 Å². The number of nitrogens with zero attached hydrogens (tertiary/aromatic N) is 1. The van der Waals surface area contributed by atoms with Gasteiger partial charge in [-0.2, -0.15) is 0 Å². The zero-order valence-corrected chi connectivity index (χ0v) is 6.84. The van der Waals surface area contributed by atoms with Crippen LogP contribution in [0.15, 0.2) is 0 Å². The number of hydrogen-bond acceptors (Lipinski definition) is 2. The van der Waals surface area contributed by atoms with Gasteiger partial charge in [-0.15, -0.1) is 0 Å². The lowest BCUT2D eigenvalue weighted by Gasteiger charge is -2.23. The third kappa shape index (κ3) is 1.87. The van der Waals surface area contributed by atoms with E-state index in [1.165, 1.54) is 0 Å². The Morgan fingerprint density at radius 2 is 2.38 bits per heavy atom. The van der Waals surface area contributed by atoms with Crippen LogP contribution in [0.1, 0.15) is 12.8 Å². The lowest BCUT2D eigenvalue weighted by atomic mass is 10.1. The zero-order chi connectivity index (χ0) is 5.98. The predicted molar refractivity (Wildman–Crippen MR) is 40.8 cm³/mol.